The van der Waals surface area contributed by atoms with Crippen LogP contribution in [0.15, 0.2) is 66.6 Å². The van der Waals surface area contributed by atoms with Crippen LogP contribution in [-0.4, -0.2) is 113 Å². The molecule has 0 spiro atoms. The predicted octanol–water partition coefficient (Wildman–Crippen LogP) is 6.54. The van der Waals surface area contributed by atoms with Crippen molar-refractivity contribution in [2.45, 2.75) is 98.2 Å². The van der Waals surface area contributed by atoms with Crippen LogP contribution in [0.5, 0.6) is 29.0 Å². The number of carbonyl (C=O) groups excluding carboxylic acids is 3. The van der Waals surface area contributed by atoms with E-state index in [0.717, 1.165) is 0 Å². The van der Waals surface area contributed by atoms with Crippen LogP contribution < -0.4 is 19.5 Å². The molecular formula is C50H56N6O15. The molecule has 21 nitrogen and oxygen atoms in total. The molecule has 71 heavy (non-hydrogen) atoms. The van der Waals surface area contributed by atoms with Gasteiger partial charge in [-0.25, -0.2) is 4.98 Å². The van der Waals surface area contributed by atoms with Crippen molar-refractivity contribution in [1.29, 1.82) is 0 Å². The van der Waals surface area contributed by atoms with Gasteiger partial charge in [0.25, 0.3) is 11.7 Å². The summed E-state index contributed by atoms with van der Waals surface area (Å²) in [4.78, 5) is 63.7. The number of rotatable bonds is 7. The third kappa shape index (κ3) is 9.23. The number of aromatic hydroxyl groups is 2. The zero-order valence-corrected chi connectivity index (χ0v) is 40.5. The minimum atomic E-state index is -2.04. The predicted molar refractivity (Wildman–Crippen MR) is 256 cm³/mol. The second kappa shape index (κ2) is 19.4. The first kappa shape index (κ1) is 49.9. The van der Waals surface area contributed by atoms with Crippen molar-refractivity contribution in [2.24, 2.45) is 23.7 Å². The van der Waals surface area contributed by atoms with Gasteiger partial charge in [0.05, 0.1) is 47.6 Å². The van der Waals surface area contributed by atoms with Crippen LogP contribution >= 0.6 is 0 Å². The summed E-state index contributed by atoms with van der Waals surface area (Å²) >= 11 is 0. The van der Waals surface area contributed by atoms with Crippen molar-refractivity contribution in [2.75, 3.05) is 19.0 Å². The Balaban J connectivity index is 1.20. The van der Waals surface area contributed by atoms with Gasteiger partial charge in [0.15, 0.2) is 11.9 Å². The van der Waals surface area contributed by atoms with Crippen molar-refractivity contribution >= 4 is 51.0 Å². The molecule has 10 atom stereocenters. The number of Topliss-reactive ketones (excluding diaryl/α,β-unsaturated/α-hetero) is 1. The number of nitro groups is 1. The molecule has 5 heterocycles. The summed E-state index contributed by atoms with van der Waals surface area (Å²) in [6.45, 7) is 13.0. The Kier molecular flexibility index (Phi) is 13.6. The first-order valence-corrected chi connectivity index (χ1v) is 23.0. The fourth-order valence-corrected chi connectivity index (χ4v) is 9.44. The summed E-state index contributed by atoms with van der Waals surface area (Å²) in [6, 6.07) is 6.90. The summed E-state index contributed by atoms with van der Waals surface area (Å²) < 4.78 is 37.2. The van der Waals surface area contributed by atoms with E-state index in [-0.39, 0.29) is 74.2 Å². The number of allylic oxidation sites excluding steroid dienone is 2. The molecule has 21 heteroatoms. The number of methoxy groups -OCH3 is 1. The fourth-order valence-electron chi connectivity index (χ4n) is 9.44. The van der Waals surface area contributed by atoms with E-state index in [1.165, 1.54) is 64.0 Å². The normalized spacial score (nSPS) is 28.6. The van der Waals surface area contributed by atoms with Crippen molar-refractivity contribution in [1.82, 2.24) is 19.5 Å². The average molecular weight is 981 g/mol. The number of amides is 1. The largest absolute Gasteiger partial charge is 0.507 e. The second-order valence-electron chi connectivity index (χ2n) is 18.5. The number of fused-ring (bicyclic) bond motifs is 2. The van der Waals surface area contributed by atoms with Gasteiger partial charge in [-0.05, 0) is 49.1 Å². The number of imidazole rings is 2. The van der Waals surface area contributed by atoms with Crippen molar-refractivity contribution in [3.63, 3.8) is 0 Å². The Bertz CT molecular complexity index is 3010. The third-order valence-corrected chi connectivity index (χ3v) is 13.6. The van der Waals surface area contributed by atoms with Gasteiger partial charge < -0.3 is 69.3 Å². The van der Waals surface area contributed by atoms with E-state index in [0.29, 0.717) is 17.9 Å². The van der Waals surface area contributed by atoms with E-state index < -0.39 is 94.1 Å². The molecule has 3 aliphatic heterocycles. The quantitative estimate of drug-likeness (QED) is 0.0437. The number of benzene rings is 3. The molecule has 1 unspecified atom stereocenters. The number of esters is 1. The number of ketones is 1. The first-order chi connectivity index (χ1) is 33.6. The van der Waals surface area contributed by atoms with Gasteiger partial charge in [-0.2, -0.15) is 0 Å². The monoisotopic (exact) mass is 980 g/mol. The number of carbonyl (C=O) groups is 3. The molecule has 3 aromatic carbocycles. The zero-order chi connectivity index (χ0) is 51.4. The highest BCUT2D eigenvalue weighted by atomic mass is 16.7. The van der Waals surface area contributed by atoms with Gasteiger partial charge in [-0.15, -0.1) is 0 Å². The molecule has 4 bridgehead atoms. The lowest BCUT2D eigenvalue weighted by Crippen LogP contribution is -2.46. The van der Waals surface area contributed by atoms with E-state index in [4.69, 9.17) is 33.4 Å². The van der Waals surface area contributed by atoms with Crippen LogP contribution in [0.25, 0.3) is 33.2 Å². The van der Waals surface area contributed by atoms with E-state index >= 15 is 0 Å². The molecule has 3 aliphatic rings. The maximum absolute atomic E-state index is 14.8. The molecule has 8 rings (SSSR count). The van der Waals surface area contributed by atoms with Gasteiger partial charge in [0.1, 0.15) is 53.2 Å². The zero-order valence-electron chi connectivity index (χ0n) is 40.5. The van der Waals surface area contributed by atoms with Crippen LogP contribution in [-0.2, 0) is 30.3 Å². The minimum absolute atomic E-state index is 0.0260. The number of nitrogens with zero attached hydrogens (tertiary/aromatic N) is 4. The van der Waals surface area contributed by atoms with Gasteiger partial charge in [0.2, 0.25) is 0 Å². The molecule has 0 aliphatic carbocycles. The van der Waals surface area contributed by atoms with Crippen LogP contribution in [0, 0.1) is 40.7 Å². The fraction of sp³-hybridized carbons (Fsp3) is 0.420. The standard InChI is InChI=1S/C50H56N6O15/c1-22-11-10-12-23(2)48(63)54-39-38-37(52-47(53-38)29-13-15-30(16-14-29)67-21-31-19-55-20-33(56(64)65)51-49(55)70-31)34-35(43(39)61)42(60)27(6)45-36(34)46(62)50(8,71-45)68-18-17-32(66-9)24(3)44(69-28(7)57)26(5)41(59)25(4)40(22)58/h10-18,20,22,24-26,31-32,40-41,44,58-61H,19,21H2,1-9H3,(H,52,53)(H,54,63)/b11-10+,18-17+,23-12-/t22-,24+,25+,26+,31?,32-,40-,41+,44+,50-/m0/s1. The number of aromatic nitrogens is 4. The Morgan fingerprint density at radius 2 is 1.72 bits per heavy atom. The maximum Gasteiger partial charge on any atom is 0.414 e. The Hall–Kier alpha value is -7.49. The SMILES string of the molecule is CO[C@H]1/C=C/O[C@@]2(C)Oc3c(C)c(O)c4c(O)c(c5nc(-c6ccc(OCC7Cn8cc([N+](=O)[O-])nc8O7)cc6)[nH]c5c4c3C2=O)NC(=O)/C(C)=C\C=C\[C@H](C)[C@H](O)[C@@H](C)[C@@H](O)[C@@H](C)[C@H](OC(C)=O)[C@@H]1C. The number of nitrogens with one attached hydrogen (secondary N) is 2. The molecule has 0 fully saturated rings. The number of hydrogen-bond donors (Lipinski definition) is 6. The Labute approximate surface area is 406 Å². The smallest absolute Gasteiger partial charge is 0.414 e. The van der Waals surface area contributed by atoms with Crippen molar-refractivity contribution < 1.29 is 68.2 Å². The molecule has 2 aromatic heterocycles. The molecule has 0 saturated heterocycles. The van der Waals surface area contributed by atoms with E-state index in [1.54, 1.807) is 64.1 Å². The number of ether oxygens (including phenoxy) is 6. The van der Waals surface area contributed by atoms with Gasteiger partial charge in [-0.3, -0.25) is 19.0 Å². The van der Waals surface area contributed by atoms with Crippen LogP contribution in [0.1, 0.15) is 64.4 Å². The number of anilines is 1. The Morgan fingerprint density at radius 1 is 1.00 bits per heavy atom. The molecule has 376 valence electrons. The lowest BCUT2D eigenvalue weighted by atomic mass is 9.78. The number of aromatic amines is 1. The van der Waals surface area contributed by atoms with Crippen LogP contribution in [0.3, 0.4) is 0 Å². The lowest BCUT2D eigenvalue weighted by Gasteiger charge is -2.38. The summed E-state index contributed by atoms with van der Waals surface area (Å²) in [7, 11) is 1.44. The highest BCUT2D eigenvalue weighted by Crippen LogP contribution is 2.54. The van der Waals surface area contributed by atoms with Gasteiger partial charge in [0, 0.05) is 71.7 Å². The summed E-state index contributed by atoms with van der Waals surface area (Å²) in [6.07, 6.45) is 4.40. The van der Waals surface area contributed by atoms with E-state index in [1.807, 2.05) is 0 Å². The molecule has 0 saturated carbocycles. The van der Waals surface area contributed by atoms with Gasteiger partial charge in [-0.1, -0.05) is 45.9 Å². The topological polar surface area (TPSA) is 289 Å². The van der Waals surface area contributed by atoms with E-state index in [9.17, 15) is 44.9 Å². The molecule has 1 amide bonds. The third-order valence-electron chi connectivity index (χ3n) is 13.6. The number of H-pyrrole nitrogens is 1. The highest BCUT2D eigenvalue weighted by Gasteiger charge is 2.50. The van der Waals surface area contributed by atoms with Crippen LogP contribution in [0.4, 0.5) is 11.5 Å². The number of aliphatic hydroxyl groups is 2. The summed E-state index contributed by atoms with van der Waals surface area (Å²) in [5.41, 5.74) is 0.735. The minimum Gasteiger partial charge on any atom is -0.507 e. The van der Waals surface area contributed by atoms with E-state index in [2.05, 4.69) is 15.3 Å². The Morgan fingerprint density at radius 3 is 2.38 bits per heavy atom. The van der Waals surface area contributed by atoms with Crippen molar-refractivity contribution in [3.8, 4) is 40.4 Å². The number of hydrogen-bond acceptors (Lipinski definition) is 17. The summed E-state index contributed by atoms with van der Waals surface area (Å²) in [5.74, 6) is -7.21. The highest BCUT2D eigenvalue weighted by molar-refractivity contribution is 6.28. The number of phenols is 2. The molecule has 0 radical (unpaired) electrons. The molecular weight excluding hydrogens is 925 g/mol. The average Bonchev–Trinajstić information content (AvgIpc) is 4.12. The lowest BCUT2D eigenvalue weighted by molar-refractivity contribution is -0.389. The number of phenolic OH excluding ortho intramolecular Hbond substituents is 2. The van der Waals surface area contributed by atoms with Crippen molar-refractivity contribution in [3.05, 3.63) is 87.8 Å². The van der Waals surface area contributed by atoms with Crippen LogP contribution in [0.2, 0.25) is 0 Å². The molecule has 5 aromatic rings. The second-order valence-corrected chi connectivity index (χ2v) is 18.5. The van der Waals surface area contributed by atoms with Gasteiger partial charge >= 0.3 is 23.6 Å². The maximum atomic E-state index is 14.8. The first-order valence-electron chi connectivity index (χ1n) is 23.0. The number of aliphatic hydroxyl groups excluding tert-OH is 2. The summed E-state index contributed by atoms with van der Waals surface area (Å²) in [5, 5.41) is 60.8. The molecule has 6 N–H and O–H groups in total.